The number of unbranched alkanes of at least 4 members (excludes halogenated alkanes) is 1. The summed E-state index contributed by atoms with van der Waals surface area (Å²) in [7, 11) is 0. The molecule has 0 bridgehead atoms. The monoisotopic (exact) mass is 156 g/mol. The molecule has 0 N–H and O–H groups in total. The van der Waals surface area contributed by atoms with E-state index in [-0.39, 0.29) is 0 Å². The first-order valence-electron chi connectivity index (χ1n) is 5.16. The summed E-state index contributed by atoms with van der Waals surface area (Å²) in [5, 5.41) is 0. The first kappa shape index (κ1) is 11.0. The molecule has 0 aliphatic rings. The maximum absolute atomic E-state index is 2.39. The topological polar surface area (TPSA) is 0 Å². The van der Waals surface area contributed by atoms with Crippen molar-refractivity contribution in [3.8, 4) is 0 Å². The Hall–Kier alpha value is 0. The lowest BCUT2D eigenvalue weighted by molar-refractivity contribution is 0.417. The van der Waals surface area contributed by atoms with Crippen LogP contribution in [-0.2, 0) is 0 Å². The van der Waals surface area contributed by atoms with E-state index in [1.165, 1.54) is 32.1 Å². The van der Waals surface area contributed by atoms with Gasteiger partial charge in [-0.2, -0.15) is 0 Å². The van der Waals surface area contributed by atoms with E-state index in [0.717, 1.165) is 11.8 Å². The molecule has 0 radical (unpaired) electrons. The highest BCUT2D eigenvalue weighted by atomic mass is 14.1. The Morgan fingerprint density at radius 1 is 0.909 bits per heavy atom. The molecule has 0 nitrogen and oxygen atoms in total. The Bertz CT molecular complexity index is 74.1. The lowest BCUT2D eigenvalue weighted by atomic mass is 9.95. The molecule has 0 spiro atoms. The molecule has 11 heavy (non-hydrogen) atoms. The first-order chi connectivity index (χ1) is 5.16. The van der Waals surface area contributed by atoms with Gasteiger partial charge in [0.15, 0.2) is 0 Å². The summed E-state index contributed by atoms with van der Waals surface area (Å²) < 4.78 is 0. The molecular formula is C11H24. The predicted octanol–water partition coefficient (Wildman–Crippen LogP) is 4.25. The lowest BCUT2D eigenvalue weighted by Gasteiger charge is -2.11. The van der Waals surface area contributed by atoms with Gasteiger partial charge < -0.3 is 0 Å². The van der Waals surface area contributed by atoms with E-state index in [4.69, 9.17) is 0 Å². The molecule has 1 atom stereocenters. The minimum atomic E-state index is 0.888. The minimum Gasteiger partial charge on any atom is -0.0654 e. The molecule has 0 aromatic rings. The van der Waals surface area contributed by atoms with Gasteiger partial charge in [0.05, 0.1) is 0 Å². The Kier molecular flexibility index (Phi) is 6.69. The molecule has 0 fully saturated rings. The van der Waals surface area contributed by atoms with Crippen molar-refractivity contribution in [1.82, 2.24) is 0 Å². The van der Waals surface area contributed by atoms with Crippen molar-refractivity contribution in [2.45, 2.75) is 59.8 Å². The average Bonchev–Trinajstić information content (AvgIpc) is 1.97. The maximum Gasteiger partial charge on any atom is -0.0443 e. The SMILES string of the molecule is CCCC[C@@H](C)CCC(C)C. The third-order valence-corrected chi connectivity index (χ3v) is 2.29. The summed E-state index contributed by atoms with van der Waals surface area (Å²) in [6.45, 7) is 9.28. The normalized spacial score (nSPS) is 13.9. The Labute approximate surface area is 72.4 Å². The van der Waals surface area contributed by atoms with Crippen molar-refractivity contribution in [1.29, 1.82) is 0 Å². The summed E-state index contributed by atoms with van der Waals surface area (Å²) in [6, 6.07) is 0. The fourth-order valence-corrected chi connectivity index (χ4v) is 1.31. The van der Waals surface area contributed by atoms with E-state index < -0.39 is 0 Å². The zero-order valence-electron chi connectivity index (χ0n) is 8.69. The van der Waals surface area contributed by atoms with Crippen molar-refractivity contribution in [3.63, 3.8) is 0 Å². The largest absolute Gasteiger partial charge is 0.0654 e. The second-order valence-electron chi connectivity index (χ2n) is 4.22. The molecule has 0 aliphatic heterocycles. The molecule has 0 unspecified atom stereocenters. The molecule has 68 valence electrons. The molecule has 0 heteroatoms. The Morgan fingerprint density at radius 3 is 2.00 bits per heavy atom. The third-order valence-electron chi connectivity index (χ3n) is 2.29. The highest BCUT2D eigenvalue weighted by Gasteiger charge is 2.02. The van der Waals surface area contributed by atoms with Gasteiger partial charge in [-0.25, -0.2) is 0 Å². The maximum atomic E-state index is 2.39. The summed E-state index contributed by atoms with van der Waals surface area (Å²) in [5.74, 6) is 1.84. The van der Waals surface area contributed by atoms with Gasteiger partial charge in [-0.15, -0.1) is 0 Å². The van der Waals surface area contributed by atoms with Gasteiger partial charge in [-0.05, 0) is 11.8 Å². The van der Waals surface area contributed by atoms with Crippen LogP contribution in [0.25, 0.3) is 0 Å². The van der Waals surface area contributed by atoms with Crippen LogP contribution in [0.15, 0.2) is 0 Å². The van der Waals surface area contributed by atoms with Gasteiger partial charge in [-0.1, -0.05) is 59.8 Å². The summed E-state index contributed by atoms with van der Waals surface area (Å²) in [6.07, 6.45) is 7.04. The number of hydrogen-bond acceptors (Lipinski definition) is 0. The zero-order chi connectivity index (χ0) is 8.69. The van der Waals surface area contributed by atoms with Crippen LogP contribution in [0.4, 0.5) is 0 Å². The summed E-state index contributed by atoms with van der Waals surface area (Å²) >= 11 is 0. The molecular weight excluding hydrogens is 132 g/mol. The van der Waals surface area contributed by atoms with E-state index in [0.29, 0.717) is 0 Å². The van der Waals surface area contributed by atoms with E-state index in [2.05, 4.69) is 27.7 Å². The first-order valence-corrected chi connectivity index (χ1v) is 5.16. The number of hydrogen-bond donors (Lipinski definition) is 0. The molecule has 0 amide bonds. The zero-order valence-corrected chi connectivity index (χ0v) is 8.69. The van der Waals surface area contributed by atoms with E-state index >= 15 is 0 Å². The molecule has 0 saturated carbocycles. The average molecular weight is 156 g/mol. The van der Waals surface area contributed by atoms with Crippen molar-refractivity contribution >= 4 is 0 Å². The minimum absolute atomic E-state index is 0.888. The molecule has 0 saturated heterocycles. The van der Waals surface area contributed by atoms with E-state index in [9.17, 15) is 0 Å². The van der Waals surface area contributed by atoms with Crippen molar-refractivity contribution in [2.24, 2.45) is 11.8 Å². The van der Waals surface area contributed by atoms with Gasteiger partial charge in [0.1, 0.15) is 0 Å². The van der Waals surface area contributed by atoms with E-state index in [1.54, 1.807) is 0 Å². The van der Waals surface area contributed by atoms with Crippen molar-refractivity contribution in [2.75, 3.05) is 0 Å². The molecule has 0 heterocycles. The van der Waals surface area contributed by atoms with Gasteiger partial charge in [0.2, 0.25) is 0 Å². The summed E-state index contributed by atoms with van der Waals surface area (Å²) in [5.41, 5.74) is 0. The Morgan fingerprint density at radius 2 is 1.55 bits per heavy atom. The van der Waals surface area contributed by atoms with Crippen LogP contribution in [-0.4, -0.2) is 0 Å². The molecule has 0 aromatic heterocycles. The third kappa shape index (κ3) is 7.90. The van der Waals surface area contributed by atoms with Crippen LogP contribution < -0.4 is 0 Å². The standard InChI is InChI=1S/C11H24/c1-5-6-7-11(4)9-8-10(2)3/h10-11H,5-9H2,1-4H3/t11-/m1/s1. The fourth-order valence-electron chi connectivity index (χ4n) is 1.31. The van der Waals surface area contributed by atoms with Crippen LogP contribution in [0.5, 0.6) is 0 Å². The van der Waals surface area contributed by atoms with Crippen LogP contribution in [0.2, 0.25) is 0 Å². The fraction of sp³-hybridized carbons (Fsp3) is 1.00. The number of rotatable bonds is 6. The van der Waals surface area contributed by atoms with Gasteiger partial charge in [0.25, 0.3) is 0 Å². The van der Waals surface area contributed by atoms with Gasteiger partial charge >= 0.3 is 0 Å². The molecule has 0 aromatic carbocycles. The quantitative estimate of drug-likeness (QED) is 0.539. The van der Waals surface area contributed by atoms with Crippen molar-refractivity contribution in [3.05, 3.63) is 0 Å². The second kappa shape index (κ2) is 6.69. The van der Waals surface area contributed by atoms with Crippen LogP contribution in [0, 0.1) is 11.8 Å². The highest BCUT2D eigenvalue weighted by molar-refractivity contribution is 4.55. The van der Waals surface area contributed by atoms with Gasteiger partial charge in [-0.3, -0.25) is 0 Å². The predicted molar refractivity (Wildman–Crippen MR) is 52.8 cm³/mol. The molecule has 0 aliphatic carbocycles. The van der Waals surface area contributed by atoms with Crippen LogP contribution >= 0.6 is 0 Å². The molecule has 0 rings (SSSR count). The highest BCUT2D eigenvalue weighted by Crippen LogP contribution is 2.16. The van der Waals surface area contributed by atoms with E-state index in [1.807, 2.05) is 0 Å². The Balaban J connectivity index is 3.15. The lowest BCUT2D eigenvalue weighted by Crippen LogP contribution is -1.97. The summed E-state index contributed by atoms with van der Waals surface area (Å²) in [4.78, 5) is 0. The second-order valence-corrected chi connectivity index (χ2v) is 4.22. The smallest absolute Gasteiger partial charge is 0.0443 e. The van der Waals surface area contributed by atoms with Crippen LogP contribution in [0.1, 0.15) is 59.8 Å². The van der Waals surface area contributed by atoms with Crippen LogP contribution in [0.3, 0.4) is 0 Å². The van der Waals surface area contributed by atoms with Gasteiger partial charge in [0, 0.05) is 0 Å². The van der Waals surface area contributed by atoms with Crippen molar-refractivity contribution < 1.29 is 0 Å².